The number of aliphatic hydroxyl groups is 1. The number of nitrogens with one attached hydrogen (secondary N) is 1. The van der Waals surface area contributed by atoms with Crippen LogP contribution in [0.5, 0.6) is 0 Å². The molecule has 6 atom stereocenters. The summed E-state index contributed by atoms with van der Waals surface area (Å²) in [5.41, 5.74) is 0.837. The molecule has 1 aromatic carbocycles. The molecule has 6 nitrogen and oxygen atoms in total. The Labute approximate surface area is 209 Å². The van der Waals surface area contributed by atoms with Crippen LogP contribution in [0.3, 0.4) is 0 Å². The van der Waals surface area contributed by atoms with Gasteiger partial charge in [0.1, 0.15) is 0 Å². The summed E-state index contributed by atoms with van der Waals surface area (Å²) in [6.07, 6.45) is -0.565. The van der Waals surface area contributed by atoms with Gasteiger partial charge in [-0.25, -0.2) is 8.57 Å². The molecule has 0 spiro atoms. The molecule has 2 N–H and O–H groups in total. The molecule has 0 radical (unpaired) electrons. The van der Waals surface area contributed by atoms with Crippen molar-refractivity contribution < 1.29 is 18.5 Å². The molecule has 0 unspecified atom stereocenters. The predicted molar refractivity (Wildman–Crippen MR) is 144 cm³/mol. The number of aliphatic hydroxyl groups excluding tert-OH is 1. The highest BCUT2D eigenvalue weighted by molar-refractivity contribution is 7.93. The van der Waals surface area contributed by atoms with E-state index in [1.54, 1.807) is 0 Å². The molecule has 0 aliphatic carbocycles. The van der Waals surface area contributed by atoms with Gasteiger partial charge in [-0.15, -0.1) is 0 Å². The third-order valence-corrected chi connectivity index (χ3v) is 9.73. The summed E-state index contributed by atoms with van der Waals surface area (Å²) in [7, 11) is -4.49. The quantitative estimate of drug-likeness (QED) is 0.438. The van der Waals surface area contributed by atoms with E-state index in [1.165, 1.54) is 0 Å². The van der Waals surface area contributed by atoms with E-state index >= 15 is 0 Å². The maximum Gasteiger partial charge on any atom is 0.183 e. The Bertz CT molecular complexity index is 899. The fraction of sp³-hybridized carbons (Fsp3) is 0.769. The van der Waals surface area contributed by atoms with E-state index in [-0.39, 0.29) is 35.6 Å². The van der Waals surface area contributed by atoms with Crippen molar-refractivity contribution in [3.05, 3.63) is 29.8 Å². The standard InChI is InChI=1S/C26H48N2O4SSi/c1-18(2)22(16-32-34(8,9)10)28-33(30,21-13-11-19(3)12-14-21)17-24-20(4)25(29)23(27-24)15-31-26(5,6)7/h11-14,18,20,22-25,27,29H,15-17H2,1-10H3/t20-,22-,23+,24-,25-,33+/m1/s1. The second-order valence-corrected chi connectivity index (χ2v) is 18.9. The van der Waals surface area contributed by atoms with E-state index in [1.807, 2.05) is 58.9 Å². The minimum Gasteiger partial charge on any atom is -0.415 e. The number of nitrogens with zero attached hydrogens (tertiary/aromatic N) is 1. The topological polar surface area (TPSA) is 80.2 Å². The van der Waals surface area contributed by atoms with Crippen LogP contribution in [0.2, 0.25) is 19.6 Å². The maximum atomic E-state index is 14.6. The van der Waals surface area contributed by atoms with Crippen LogP contribution in [0.4, 0.5) is 0 Å². The molecule has 1 saturated heterocycles. The first-order chi connectivity index (χ1) is 15.5. The van der Waals surface area contributed by atoms with E-state index in [4.69, 9.17) is 13.5 Å². The Hall–Kier alpha value is -0.773. The number of rotatable bonds is 10. The smallest absolute Gasteiger partial charge is 0.183 e. The first-order valence-electron chi connectivity index (χ1n) is 12.5. The molecule has 1 fully saturated rings. The fourth-order valence-electron chi connectivity index (χ4n) is 3.91. The first-order valence-corrected chi connectivity index (χ1v) is 17.6. The molecule has 0 saturated carbocycles. The summed E-state index contributed by atoms with van der Waals surface area (Å²) in [5.74, 6) is 0.483. The average Bonchev–Trinajstić information content (AvgIpc) is 2.96. The van der Waals surface area contributed by atoms with Crippen molar-refractivity contribution in [3.8, 4) is 0 Å². The Morgan fingerprint density at radius 2 is 1.74 bits per heavy atom. The Morgan fingerprint density at radius 1 is 1.15 bits per heavy atom. The SMILES string of the molecule is Cc1ccc([S@@](=O)(C[C@H]2N[C@@H](COC(C)(C)C)[C@H](O)[C@@H]2C)=N[C@H](CO[Si](C)(C)C)C(C)C)cc1. The van der Waals surface area contributed by atoms with Crippen molar-refractivity contribution >= 4 is 18.0 Å². The highest BCUT2D eigenvalue weighted by Crippen LogP contribution is 2.28. The number of ether oxygens (including phenoxy) is 1. The van der Waals surface area contributed by atoms with Crippen LogP contribution < -0.4 is 5.32 Å². The third-order valence-electron chi connectivity index (χ3n) is 6.27. The van der Waals surface area contributed by atoms with Crippen molar-refractivity contribution in [2.75, 3.05) is 19.0 Å². The lowest BCUT2D eigenvalue weighted by Gasteiger charge is -2.26. The molecule has 0 aromatic heterocycles. The molecule has 1 aliphatic heterocycles. The Kier molecular flexibility index (Phi) is 9.98. The van der Waals surface area contributed by atoms with Gasteiger partial charge in [0.05, 0.1) is 52.5 Å². The van der Waals surface area contributed by atoms with Gasteiger partial charge in [0.2, 0.25) is 0 Å². The highest BCUT2D eigenvalue weighted by atomic mass is 32.2. The summed E-state index contributed by atoms with van der Waals surface area (Å²) in [6.45, 7) is 21.6. The van der Waals surface area contributed by atoms with Crippen molar-refractivity contribution in [3.63, 3.8) is 0 Å². The van der Waals surface area contributed by atoms with Crippen LogP contribution in [0, 0.1) is 18.8 Å². The molecule has 2 rings (SSSR count). The van der Waals surface area contributed by atoms with Crippen molar-refractivity contribution in [2.24, 2.45) is 16.2 Å². The largest absolute Gasteiger partial charge is 0.415 e. The normalized spacial score (nSPS) is 26.5. The summed E-state index contributed by atoms with van der Waals surface area (Å²) in [4.78, 5) is 0.745. The molecular weight excluding hydrogens is 464 g/mol. The summed E-state index contributed by atoms with van der Waals surface area (Å²) in [6, 6.07) is 7.37. The van der Waals surface area contributed by atoms with E-state index in [0.29, 0.717) is 19.0 Å². The monoisotopic (exact) mass is 512 g/mol. The van der Waals surface area contributed by atoms with Crippen LogP contribution in [0.1, 0.15) is 47.1 Å². The van der Waals surface area contributed by atoms with Gasteiger partial charge in [-0.05, 0) is 71.3 Å². The maximum absolute atomic E-state index is 14.6. The molecule has 196 valence electrons. The van der Waals surface area contributed by atoms with Gasteiger partial charge in [-0.2, -0.15) is 0 Å². The van der Waals surface area contributed by atoms with Crippen LogP contribution in [-0.4, -0.2) is 66.4 Å². The molecule has 34 heavy (non-hydrogen) atoms. The average molecular weight is 513 g/mol. The zero-order valence-corrected chi connectivity index (χ0v) is 24.7. The second kappa shape index (κ2) is 11.5. The Balaban J connectivity index is 2.38. The van der Waals surface area contributed by atoms with E-state index in [9.17, 15) is 9.32 Å². The summed E-state index contributed by atoms with van der Waals surface area (Å²) < 4.78 is 31.8. The van der Waals surface area contributed by atoms with Crippen molar-refractivity contribution in [2.45, 2.75) is 103 Å². The number of aryl methyl sites for hydroxylation is 1. The summed E-state index contributed by atoms with van der Waals surface area (Å²) >= 11 is 0. The summed E-state index contributed by atoms with van der Waals surface area (Å²) in [5, 5.41) is 14.4. The molecule has 1 heterocycles. The van der Waals surface area contributed by atoms with Gasteiger partial charge in [-0.3, -0.25) is 0 Å². The van der Waals surface area contributed by atoms with Gasteiger partial charge < -0.3 is 19.6 Å². The minimum absolute atomic E-state index is 0.0641. The van der Waals surface area contributed by atoms with Gasteiger partial charge in [0.25, 0.3) is 0 Å². The zero-order valence-electron chi connectivity index (χ0n) is 22.9. The van der Waals surface area contributed by atoms with E-state index in [0.717, 1.165) is 10.5 Å². The zero-order chi connectivity index (χ0) is 25.9. The molecule has 1 aromatic rings. The molecular formula is C26H48N2O4SSi. The number of hydrogen-bond donors (Lipinski definition) is 2. The lowest BCUT2D eigenvalue weighted by Crippen LogP contribution is -2.41. The van der Waals surface area contributed by atoms with Gasteiger partial charge in [0.15, 0.2) is 8.32 Å². The second-order valence-electron chi connectivity index (χ2n) is 12.1. The van der Waals surface area contributed by atoms with Crippen LogP contribution >= 0.6 is 0 Å². The molecule has 8 heteroatoms. The van der Waals surface area contributed by atoms with Crippen molar-refractivity contribution in [1.82, 2.24) is 5.32 Å². The van der Waals surface area contributed by atoms with E-state index < -0.39 is 24.2 Å². The Morgan fingerprint density at radius 3 is 2.24 bits per heavy atom. The van der Waals surface area contributed by atoms with E-state index in [2.05, 4.69) is 38.8 Å². The van der Waals surface area contributed by atoms with Gasteiger partial charge >= 0.3 is 0 Å². The minimum atomic E-state index is -2.76. The van der Waals surface area contributed by atoms with Gasteiger partial charge in [-0.1, -0.05) is 38.5 Å². The lowest BCUT2D eigenvalue weighted by molar-refractivity contribution is -0.0297. The number of hydrogen-bond acceptors (Lipinski definition) is 6. The van der Waals surface area contributed by atoms with Crippen LogP contribution in [0.25, 0.3) is 0 Å². The molecule has 1 aliphatic rings. The lowest BCUT2D eigenvalue weighted by atomic mass is 9.99. The van der Waals surface area contributed by atoms with Crippen LogP contribution in [0.15, 0.2) is 33.5 Å². The number of benzene rings is 1. The highest BCUT2D eigenvalue weighted by Gasteiger charge is 2.41. The van der Waals surface area contributed by atoms with Crippen LogP contribution in [-0.2, 0) is 18.9 Å². The predicted octanol–water partition coefficient (Wildman–Crippen LogP) is 4.85. The molecule has 0 amide bonds. The van der Waals surface area contributed by atoms with Crippen molar-refractivity contribution in [1.29, 1.82) is 0 Å². The third kappa shape index (κ3) is 8.71. The first kappa shape index (κ1) is 29.5. The van der Waals surface area contributed by atoms with Gasteiger partial charge in [0, 0.05) is 10.9 Å². The fourth-order valence-corrected chi connectivity index (χ4v) is 7.17. The molecule has 0 bridgehead atoms.